The van der Waals surface area contributed by atoms with Gasteiger partial charge < -0.3 is 20.3 Å². The molecule has 140 valence electrons. The maximum absolute atomic E-state index is 12.7. The topological polar surface area (TPSA) is 70.7 Å². The highest BCUT2D eigenvalue weighted by atomic mass is 35.5. The maximum Gasteiger partial charge on any atom is 0.253 e. The van der Waals surface area contributed by atoms with Gasteiger partial charge in [0, 0.05) is 31.6 Å². The molecular weight excluding hydrogens is 342 g/mol. The zero-order chi connectivity index (χ0) is 17.4. The zero-order valence-corrected chi connectivity index (χ0v) is 15.8. The molecule has 1 aromatic rings. The number of benzene rings is 1. The van der Waals surface area contributed by atoms with Gasteiger partial charge in [-0.25, -0.2) is 0 Å². The van der Waals surface area contributed by atoms with E-state index in [1.54, 1.807) is 32.4 Å². The van der Waals surface area contributed by atoms with Crippen molar-refractivity contribution in [2.45, 2.75) is 32.1 Å². The van der Waals surface area contributed by atoms with E-state index in [1.807, 2.05) is 4.90 Å². The van der Waals surface area contributed by atoms with E-state index >= 15 is 0 Å². The first-order chi connectivity index (χ1) is 11.7. The molecule has 1 heterocycles. The largest absolute Gasteiger partial charge is 0.495 e. The van der Waals surface area contributed by atoms with Crippen LogP contribution in [0.1, 0.15) is 42.5 Å². The number of amides is 2. The van der Waals surface area contributed by atoms with Crippen LogP contribution < -0.4 is 15.4 Å². The van der Waals surface area contributed by atoms with Crippen LogP contribution in [-0.2, 0) is 4.79 Å². The van der Waals surface area contributed by atoms with Gasteiger partial charge >= 0.3 is 0 Å². The molecule has 1 aliphatic rings. The highest BCUT2D eigenvalue weighted by molar-refractivity contribution is 5.98. The minimum Gasteiger partial charge on any atom is -0.495 e. The molecule has 1 aromatic carbocycles. The van der Waals surface area contributed by atoms with E-state index in [0.717, 1.165) is 25.9 Å². The SMILES string of the molecule is CNCCC(=O)Nc1cc(C(=O)N2CCCCCC2)ccc1OC.Cl. The van der Waals surface area contributed by atoms with E-state index in [2.05, 4.69) is 10.6 Å². The van der Waals surface area contributed by atoms with Crippen molar-refractivity contribution in [3.63, 3.8) is 0 Å². The van der Waals surface area contributed by atoms with Gasteiger partial charge in [-0.1, -0.05) is 12.8 Å². The van der Waals surface area contributed by atoms with Crippen molar-refractivity contribution in [3.8, 4) is 5.75 Å². The molecule has 6 nitrogen and oxygen atoms in total. The van der Waals surface area contributed by atoms with Crippen molar-refractivity contribution in [1.82, 2.24) is 10.2 Å². The van der Waals surface area contributed by atoms with Gasteiger partial charge in [0.15, 0.2) is 0 Å². The van der Waals surface area contributed by atoms with Crippen molar-refractivity contribution in [2.24, 2.45) is 0 Å². The summed E-state index contributed by atoms with van der Waals surface area (Å²) in [5.74, 6) is 0.465. The Morgan fingerprint density at radius 3 is 2.44 bits per heavy atom. The summed E-state index contributed by atoms with van der Waals surface area (Å²) in [5, 5.41) is 5.77. The van der Waals surface area contributed by atoms with Gasteiger partial charge in [-0.2, -0.15) is 0 Å². The number of carbonyl (C=O) groups is 2. The molecule has 0 saturated carbocycles. The lowest BCUT2D eigenvalue weighted by Gasteiger charge is -2.21. The molecule has 2 rings (SSSR count). The average molecular weight is 370 g/mol. The van der Waals surface area contributed by atoms with Crippen LogP contribution >= 0.6 is 12.4 Å². The van der Waals surface area contributed by atoms with Crippen LogP contribution in [0.2, 0.25) is 0 Å². The average Bonchev–Trinajstić information content (AvgIpc) is 2.88. The van der Waals surface area contributed by atoms with Gasteiger partial charge in [0.2, 0.25) is 5.91 Å². The summed E-state index contributed by atoms with van der Waals surface area (Å²) >= 11 is 0. The Bertz CT molecular complexity index is 573. The van der Waals surface area contributed by atoms with Crippen molar-refractivity contribution in [1.29, 1.82) is 0 Å². The summed E-state index contributed by atoms with van der Waals surface area (Å²) < 4.78 is 5.30. The number of hydrogen-bond acceptors (Lipinski definition) is 4. The molecule has 1 saturated heterocycles. The smallest absolute Gasteiger partial charge is 0.253 e. The number of likely N-dealkylation sites (tertiary alicyclic amines) is 1. The second-order valence-electron chi connectivity index (χ2n) is 6.02. The number of methoxy groups -OCH3 is 1. The Balaban J connectivity index is 0.00000312. The second-order valence-corrected chi connectivity index (χ2v) is 6.02. The molecule has 0 unspecified atom stereocenters. The third kappa shape index (κ3) is 6.21. The molecule has 0 spiro atoms. The molecule has 2 amide bonds. The van der Waals surface area contributed by atoms with Gasteiger partial charge in [0.05, 0.1) is 12.8 Å². The fourth-order valence-electron chi connectivity index (χ4n) is 2.85. The Morgan fingerprint density at radius 2 is 1.84 bits per heavy atom. The van der Waals surface area contributed by atoms with E-state index in [1.165, 1.54) is 12.8 Å². The molecule has 0 bridgehead atoms. The fraction of sp³-hybridized carbons (Fsp3) is 0.556. The summed E-state index contributed by atoms with van der Waals surface area (Å²) in [5.41, 5.74) is 1.13. The minimum atomic E-state index is -0.109. The van der Waals surface area contributed by atoms with E-state index in [0.29, 0.717) is 30.0 Å². The summed E-state index contributed by atoms with van der Waals surface area (Å²) in [7, 11) is 3.35. The van der Waals surface area contributed by atoms with Crippen LogP contribution in [-0.4, -0.2) is 50.5 Å². The molecule has 1 aliphatic heterocycles. The highest BCUT2D eigenvalue weighted by Gasteiger charge is 2.19. The van der Waals surface area contributed by atoms with Gasteiger partial charge in [-0.15, -0.1) is 12.4 Å². The number of anilines is 1. The molecular formula is C18H28ClN3O3. The van der Waals surface area contributed by atoms with Crippen LogP contribution in [0.4, 0.5) is 5.69 Å². The lowest BCUT2D eigenvalue weighted by molar-refractivity contribution is -0.116. The Morgan fingerprint density at radius 1 is 1.16 bits per heavy atom. The summed E-state index contributed by atoms with van der Waals surface area (Å²) in [6.45, 7) is 2.20. The van der Waals surface area contributed by atoms with E-state index in [9.17, 15) is 9.59 Å². The summed E-state index contributed by atoms with van der Waals surface area (Å²) in [6, 6.07) is 5.21. The van der Waals surface area contributed by atoms with Crippen LogP contribution in [0.5, 0.6) is 5.75 Å². The first-order valence-corrected chi connectivity index (χ1v) is 8.57. The Kier molecular flexibility index (Phi) is 9.31. The predicted molar refractivity (Wildman–Crippen MR) is 102 cm³/mol. The standard InChI is InChI=1S/C18H27N3O3.ClH/c1-19-10-9-17(22)20-15-13-14(7-8-16(15)24-2)18(23)21-11-5-3-4-6-12-21;/h7-8,13,19H,3-6,9-12H2,1-2H3,(H,20,22);1H. The van der Waals surface area contributed by atoms with Crippen molar-refractivity contribution < 1.29 is 14.3 Å². The maximum atomic E-state index is 12.7. The summed E-state index contributed by atoms with van der Waals surface area (Å²) in [4.78, 5) is 26.6. The number of nitrogens with zero attached hydrogens (tertiary/aromatic N) is 1. The molecule has 0 atom stereocenters. The van der Waals surface area contributed by atoms with E-state index in [4.69, 9.17) is 4.74 Å². The second kappa shape index (κ2) is 10.9. The molecule has 25 heavy (non-hydrogen) atoms. The zero-order valence-electron chi connectivity index (χ0n) is 15.0. The molecule has 0 aromatic heterocycles. The van der Waals surface area contributed by atoms with Gasteiger partial charge in [-0.05, 0) is 38.1 Å². The summed E-state index contributed by atoms with van der Waals surface area (Å²) in [6.07, 6.45) is 4.83. The highest BCUT2D eigenvalue weighted by Crippen LogP contribution is 2.26. The van der Waals surface area contributed by atoms with Crippen LogP contribution in [0.25, 0.3) is 0 Å². The minimum absolute atomic E-state index is 0. The Hall–Kier alpha value is -1.79. The third-order valence-electron chi connectivity index (χ3n) is 4.22. The van der Waals surface area contributed by atoms with Gasteiger partial charge in [0.25, 0.3) is 5.91 Å². The molecule has 0 radical (unpaired) electrons. The quantitative estimate of drug-likeness (QED) is 0.808. The molecule has 7 heteroatoms. The first-order valence-electron chi connectivity index (χ1n) is 8.57. The fourth-order valence-corrected chi connectivity index (χ4v) is 2.85. The van der Waals surface area contributed by atoms with Crippen molar-refractivity contribution in [2.75, 3.05) is 39.1 Å². The molecule has 2 N–H and O–H groups in total. The lowest BCUT2D eigenvalue weighted by atomic mass is 10.1. The van der Waals surface area contributed by atoms with E-state index in [-0.39, 0.29) is 24.2 Å². The first kappa shape index (κ1) is 21.3. The van der Waals surface area contributed by atoms with Crippen LogP contribution in [0, 0.1) is 0 Å². The Labute approximate surface area is 155 Å². The number of rotatable bonds is 6. The number of ether oxygens (including phenoxy) is 1. The van der Waals surface area contributed by atoms with Crippen LogP contribution in [0.15, 0.2) is 18.2 Å². The number of carbonyl (C=O) groups excluding carboxylic acids is 2. The predicted octanol–water partition coefficient (Wildman–Crippen LogP) is 2.68. The monoisotopic (exact) mass is 369 g/mol. The molecule has 0 aliphatic carbocycles. The van der Waals surface area contributed by atoms with Crippen LogP contribution in [0.3, 0.4) is 0 Å². The number of hydrogen-bond donors (Lipinski definition) is 2. The number of halogens is 1. The van der Waals surface area contributed by atoms with Gasteiger partial charge in [0.1, 0.15) is 5.75 Å². The van der Waals surface area contributed by atoms with Crippen molar-refractivity contribution >= 4 is 29.9 Å². The normalized spacial score (nSPS) is 14.2. The van der Waals surface area contributed by atoms with Crippen molar-refractivity contribution in [3.05, 3.63) is 23.8 Å². The number of nitrogens with one attached hydrogen (secondary N) is 2. The lowest BCUT2D eigenvalue weighted by Crippen LogP contribution is -2.31. The molecule has 1 fully saturated rings. The van der Waals surface area contributed by atoms with E-state index < -0.39 is 0 Å². The van der Waals surface area contributed by atoms with Gasteiger partial charge in [-0.3, -0.25) is 9.59 Å². The third-order valence-corrected chi connectivity index (χ3v) is 4.22.